The van der Waals surface area contributed by atoms with E-state index in [1.807, 2.05) is 0 Å². The summed E-state index contributed by atoms with van der Waals surface area (Å²) in [6.45, 7) is 3.54. The van der Waals surface area contributed by atoms with Crippen LogP contribution in [0.4, 0.5) is 0 Å². The SMILES string of the molecule is CCOC(=O)[C@]1(CN)C[C@H]1S(=O)(=O)CC. The Balaban J connectivity index is 2.82. The maximum Gasteiger partial charge on any atom is 0.314 e. The molecule has 1 aliphatic rings. The zero-order valence-corrected chi connectivity index (χ0v) is 9.84. The number of hydrogen-bond donors (Lipinski definition) is 1. The summed E-state index contributed by atoms with van der Waals surface area (Å²) in [7, 11) is -3.19. The van der Waals surface area contributed by atoms with Gasteiger partial charge in [-0.25, -0.2) is 8.42 Å². The molecular formula is C9H17NO4S. The highest BCUT2D eigenvalue weighted by molar-refractivity contribution is 7.92. The first-order valence-corrected chi connectivity index (χ1v) is 6.75. The third kappa shape index (κ3) is 2.01. The number of carbonyl (C=O) groups is 1. The number of sulfone groups is 1. The second-order valence-corrected chi connectivity index (χ2v) is 6.20. The predicted molar refractivity (Wildman–Crippen MR) is 56.0 cm³/mol. The van der Waals surface area contributed by atoms with Crippen molar-refractivity contribution in [3.8, 4) is 0 Å². The predicted octanol–water partition coefficient (Wildman–Crippen LogP) is -0.298. The minimum atomic E-state index is -3.19. The van der Waals surface area contributed by atoms with E-state index in [0.29, 0.717) is 6.42 Å². The molecule has 2 N–H and O–H groups in total. The average molecular weight is 235 g/mol. The summed E-state index contributed by atoms with van der Waals surface area (Å²) in [5, 5.41) is -0.640. The lowest BCUT2D eigenvalue weighted by Crippen LogP contribution is -2.33. The lowest BCUT2D eigenvalue weighted by atomic mass is 10.1. The second kappa shape index (κ2) is 4.09. The number of ether oxygens (including phenoxy) is 1. The van der Waals surface area contributed by atoms with Crippen molar-refractivity contribution in [2.24, 2.45) is 11.1 Å². The van der Waals surface area contributed by atoms with Crippen LogP contribution in [0.5, 0.6) is 0 Å². The van der Waals surface area contributed by atoms with Gasteiger partial charge in [0.25, 0.3) is 0 Å². The van der Waals surface area contributed by atoms with E-state index >= 15 is 0 Å². The standard InChI is InChI=1S/C9H17NO4S/c1-3-14-8(11)9(6-10)5-7(9)15(12,13)4-2/h7H,3-6,10H2,1-2H3/t7-,9+/m1/s1. The van der Waals surface area contributed by atoms with Crippen molar-refractivity contribution >= 4 is 15.8 Å². The molecule has 1 rings (SSSR count). The van der Waals surface area contributed by atoms with Gasteiger partial charge in [0.2, 0.25) is 0 Å². The number of nitrogens with two attached hydrogens (primary N) is 1. The molecule has 0 spiro atoms. The first-order valence-electron chi connectivity index (χ1n) is 5.03. The van der Waals surface area contributed by atoms with Crippen LogP contribution >= 0.6 is 0 Å². The first-order chi connectivity index (χ1) is 6.94. The lowest BCUT2D eigenvalue weighted by Gasteiger charge is -2.12. The fourth-order valence-electron chi connectivity index (χ4n) is 1.73. The molecule has 1 saturated carbocycles. The van der Waals surface area contributed by atoms with Crippen LogP contribution in [0.2, 0.25) is 0 Å². The summed E-state index contributed by atoms with van der Waals surface area (Å²) in [4.78, 5) is 11.6. The summed E-state index contributed by atoms with van der Waals surface area (Å²) < 4.78 is 28.0. The molecule has 1 fully saturated rings. The molecule has 6 heteroatoms. The molecule has 2 atom stereocenters. The van der Waals surface area contributed by atoms with Crippen LogP contribution < -0.4 is 5.73 Å². The summed E-state index contributed by atoms with van der Waals surface area (Å²) in [6, 6.07) is 0. The van der Waals surface area contributed by atoms with E-state index in [0.717, 1.165) is 0 Å². The van der Waals surface area contributed by atoms with Gasteiger partial charge in [-0.3, -0.25) is 4.79 Å². The van der Waals surface area contributed by atoms with Crippen LogP contribution in [0.15, 0.2) is 0 Å². The minimum Gasteiger partial charge on any atom is -0.465 e. The third-order valence-corrected chi connectivity index (χ3v) is 5.18. The molecule has 0 radical (unpaired) electrons. The number of esters is 1. The quantitative estimate of drug-likeness (QED) is 0.661. The van der Waals surface area contributed by atoms with Gasteiger partial charge in [0.05, 0.1) is 17.3 Å². The van der Waals surface area contributed by atoms with Crippen molar-refractivity contribution in [3.05, 3.63) is 0 Å². The van der Waals surface area contributed by atoms with Crippen LogP contribution in [0.1, 0.15) is 20.3 Å². The monoisotopic (exact) mass is 235 g/mol. The summed E-state index contributed by atoms with van der Waals surface area (Å²) in [5.74, 6) is -0.437. The largest absolute Gasteiger partial charge is 0.465 e. The lowest BCUT2D eigenvalue weighted by molar-refractivity contribution is -0.149. The molecule has 0 unspecified atom stereocenters. The van der Waals surface area contributed by atoms with E-state index in [1.165, 1.54) is 0 Å². The molecule has 0 aromatic carbocycles. The van der Waals surface area contributed by atoms with Gasteiger partial charge in [0, 0.05) is 12.3 Å². The topological polar surface area (TPSA) is 86.5 Å². The molecule has 0 bridgehead atoms. The first kappa shape index (κ1) is 12.4. The van der Waals surface area contributed by atoms with Crippen molar-refractivity contribution in [3.63, 3.8) is 0 Å². The smallest absolute Gasteiger partial charge is 0.314 e. The third-order valence-electron chi connectivity index (χ3n) is 2.89. The second-order valence-electron chi connectivity index (χ2n) is 3.73. The Labute approximate surface area is 89.9 Å². The van der Waals surface area contributed by atoms with Gasteiger partial charge in [-0.15, -0.1) is 0 Å². The van der Waals surface area contributed by atoms with Crippen molar-refractivity contribution in [1.29, 1.82) is 0 Å². The maximum absolute atomic E-state index is 11.6. The van der Waals surface area contributed by atoms with E-state index in [1.54, 1.807) is 13.8 Å². The highest BCUT2D eigenvalue weighted by Gasteiger charge is 2.65. The normalized spacial score (nSPS) is 29.9. The summed E-state index contributed by atoms with van der Waals surface area (Å²) in [5.41, 5.74) is 4.51. The van der Waals surface area contributed by atoms with Gasteiger partial charge in [0.15, 0.2) is 9.84 Å². The van der Waals surface area contributed by atoms with Crippen LogP contribution in [0, 0.1) is 5.41 Å². The molecule has 0 saturated heterocycles. The van der Waals surface area contributed by atoms with Gasteiger partial charge < -0.3 is 10.5 Å². The highest BCUT2D eigenvalue weighted by Crippen LogP contribution is 2.51. The van der Waals surface area contributed by atoms with Crippen molar-refractivity contribution in [2.75, 3.05) is 18.9 Å². The van der Waals surface area contributed by atoms with E-state index in [2.05, 4.69) is 0 Å². The number of carbonyl (C=O) groups excluding carboxylic acids is 1. The molecule has 5 nitrogen and oxygen atoms in total. The van der Waals surface area contributed by atoms with E-state index in [4.69, 9.17) is 10.5 Å². The Kier molecular flexibility index (Phi) is 3.40. The van der Waals surface area contributed by atoms with Gasteiger partial charge >= 0.3 is 5.97 Å². The molecule has 15 heavy (non-hydrogen) atoms. The maximum atomic E-state index is 11.6. The zero-order valence-electron chi connectivity index (χ0n) is 9.02. The Morgan fingerprint density at radius 2 is 2.13 bits per heavy atom. The molecular weight excluding hydrogens is 218 g/mol. The van der Waals surface area contributed by atoms with E-state index in [9.17, 15) is 13.2 Å². The zero-order chi connectivity index (χ0) is 11.7. The van der Waals surface area contributed by atoms with E-state index in [-0.39, 0.29) is 18.9 Å². The number of rotatable bonds is 5. The van der Waals surface area contributed by atoms with Crippen molar-refractivity contribution in [2.45, 2.75) is 25.5 Å². The molecule has 88 valence electrons. The molecule has 0 aromatic rings. The number of hydrogen-bond acceptors (Lipinski definition) is 5. The van der Waals surface area contributed by atoms with Gasteiger partial charge in [0.1, 0.15) is 0 Å². The minimum absolute atomic E-state index is 0.0374. The Morgan fingerprint density at radius 1 is 1.53 bits per heavy atom. The molecule has 0 aliphatic heterocycles. The molecule has 0 aromatic heterocycles. The van der Waals surface area contributed by atoms with Crippen molar-refractivity contribution < 1.29 is 17.9 Å². The molecule has 1 aliphatic carbocycles. The van der Waals surface area contributed by atoms with Crippen LogP contribution in [-0.2, 0) is 19.4 Å². The fraction of sp³-hybridized carbons (Fsp3) is 0.889. The van der Waals surface area contributed by atoms with E-state index < -0.39 is 26.5 Å². The van der Waals surface area contributed by atoms with Gasteiger partial charge in [-0.05, 0) is 13.3 Å². The van der Waals surface area contributed by atoms with Crippen molar-refractivity contribution in [1.82, 2.24) is 0 Å². The Bertz CT molecular complexity index is 351. The average Bonchev–Trinajstić information content (AvgIpc) is 2.95. The highest BCUT2D eigenvalue weighted by atomic mass is 32.2. The fourth-order valence-corrected chi connectivity index (χ4v) is 3.57. The van der Waals surface area contributed by atoms with Gasteiger partial charge in [-0.2, -0.15) is 0 Å². The van der Waals surface area contributed by atoms with Crippen LogP contribution in [0.3, 0.4) is 0 Å². The summed E-state index contributed by atoms with van der Waals surface area (Å²) in [6.07, 6.45) is 0.304. The Hall–Kier alpha value is -0.620. The molecule has 0 amide bonds. The van der Waals surface area contributed by atoms with Gasteiger partial charge in [-0.1, -0.05) is 6.92 Å². The Morgan fingerprint density at radius 3 is 2.53 bits per heavy atom. The van der Waals surface area contributed by atoms with Crippen LogP contribution in [-0.4, -0.2) is 38.5 Å². The summed E-state index contributed by atoms with van der Waals surface area (Å²) >= 11 is 0. The van der Waals surface area contributed by atoms with Crippen LogP contribution in [0.25, 0.3) is 0 Å². The molecule has 0 heterocycles.